The van der Waals surface area contributed by atoms with E-state index in [9.17, 15) is 0 Å². The number of aryl methyl sites for hydroxylation is 2. The molecule has 0 saturated carbocycles. The Morgan fingerprint density at radius 3 is 2.69 bits per heavy atom. The zero-order valence-corrected chi connectivity index (χ0v) is 7.68. The highest BCUT2D eigenvalue weighted by Gasteiger charge is 2.03. The number of aromatic amines is 1. The maximum atomic E-state index is 8.79. The monoisotopic (exact) mass is 170 g/mol. The minimum atomic E-state index is 0.729. The normalized spacial score (nSPS) is 10.2. The number of aromatic nitrogens is 1. The second-order valence-electron chi connectivity index (χ2n) is 3.30. The zero-order valence-electron chi connectivity index (χ0n) is 7.68. The van der Waals surface area contributed by atoms with Gasteiger partial charge in [-0.3, -0.25) is 0 Å². The molecule has 0 saturated heterocycles. The van der Waals surface area contributed by atoms with Gasteiger partial charge in [0.2, 0.25) is 0 Å². The molecule has 1 aromatic carbocycles. The molecule has 0 aliphatic heterocycles. The number of nitrogens with one attached hydrogen (secondary N) is 1. The summed E-state index contributed by atoms with van der Waals surface area (Å²) >= 11 is 0. The van der Waals surface area contributed by atoms with Crippen LogP contribution in [0.2, 0.25) is 0 Å². The van der Waals surface area contributed by atoms with Crippen molar-refractivity contribution in [2.75, 3.05) is 0 Å². The maximum Gasteiger partial charge on any atom is 0.0991 e. The van der Waals surface area contributed by atoms with E-state index in [1.54, 1.807) is 0 Å². The number of hydrogen-bond donors (Lipinski definition) is 1. The van der Waals surface area contributed by atoms with Crippen molar-refractivity contribution in [3.63, 3.8) is 0 Å². The molecule has 13 heavy (non-hydrogen) atoms. The highest BCUT2D eigenvalue weighted by atomic mass is 14.7. The quantitative estimate of drug-likeness (QED) is 0.648. The van der Waals surface area contributed by atoms with Gasteiger partial charge in [0.25, 0.3) is 0 Å². The van der Waals surface area contributed by atoms with Gasteiger partial charge in [-0.2, -0.15) is 5.26 Å². The number of hydrogen-bond acceptors (Lipinski definition) is 1. The fraction of sp³-hybridized carbons (Fsp3) is 0.182. The van der Waals surface area contributed by atoms with Crippen molar-refractivity contribution in [2.24, 2.45) is 0 Å². The molecule has 2 heteroatoms. The predicted octanol–water partition coefficient (Wildman–Crippen LogP) is 2.66. The van der Waals surface area contributed by atoms with Crippen LogP contribution in [0.15, 0.2) is 18.3 Å². The van der Waals surface area contributed by atoms with E-state index in [-0.39, 0.29) is 0 Å². The van der Waals surface area contributed by atoms with E-state index in [1.807, 2.05) is 32.2 Å². The lowest BCUT2D eigenvalue weighted by molar-refractivity contribution is 1.39. The van der Waals surface area contributed by atoms with E-state index in [0.29, 0.717) is 0 Å². The first kappa shape index (κ1) is 7.88. The number of rotatable bonds is 0. The van der Waals surface area contributed by atoms with E-state index >= 15 is 0 Å². The summed E-state index contributed by atoms with van der Waals surface area (Å²) in [7, 11) is 0. The lowest BCUT2D eigenvalue weighted by atomic mass is 10.1. The molecule has 0 aliphatic carbocycles. The van der Waals surface area contributed by atoms with E-state index < -0.39 is 0 Å². The van der Waals surface area contributed by atoms with Gasteiger partial charge in [-0.1, -0.05) is 0 Å². The SMILES string of the molecule is Cc1c[nH]c2c(C)cc(C#N)cc12. The third kappa shape index (κ3) is 1.09. The number of fused-ring (bicyclic) bond motifs is 1. The molecule has 2 aromatic rings. The molecule has 64 valence electrons. The smallest absolute Gasteiger partial charge is 0.0991 e. The Morgan fingerprint density at radius 1 is 1.23 bits per heavy atom. The molecule has 1 aromatic heterocycles. The first-order valence-corrected chi connectivity index (χ1v) is 4.21. The van der Waals surface area contributed by atoms with Crippen molar-refractivity contribution in [3.05, 3.63) is 35.0 Å². The third-order valence-electron chi connectivity index (χ3n) is 2.32. The Hall–Kier alpha value is -1.75. The molecule has 0 unspecified atom stereocenters. The molecule has 0 radical (unpaired) electrons. The van der Waals surface area contributed by atoms with Crippen molar-refractivity contribution in [1.29, 1.82) is 5.26 Å². The van der Waals surface area contributed by atoms with Crippen LogP contribution in [0.1, 0.15) is 16.7 Å². The standard InChI is InChI=1S/C11H10N2/c1-7-3-9(5-12)4-10-8(2)6-13-11(7)10/h3-4,6,13H,1-2H3. The Labute approximate surface area is 76.8 Å². The second kappa shape index (κ2) is 2.63. The van der Waals surface area contributed by atoms with Crippen LogP contribution in [-0.2, 0) is 0 Å². The average molecular weight is 170 g/mol. The molecule has 0 fully saturated rings. The van der Waals surface area contributed by atoms with Crippen molar-refractivity contribution in [1.82, 2.24) is 4.98 Å². The molecule has 0 spiro atoms. The van der Waals surface area contributed by atoms with Gasteiger partial charge in [0, 0.05) is 17.1 Å². The topological polar surface area (TPSA) is 39.6 Å². The van der Waals surface area contributed by atoms with Crippen molar-refractivity contribution < 1.29 is 0 Å². The fourth-order valence-electron chi connectivity index (χ4n) is 1.61. The summed E-state index contributed by atoms with van der Waals surface area (Å²) in [6.45, 7) is 4.05. The molecular weight excluding hydrogens is 160 g/mol. The average Bonchev–Trinajstić information content (AvgIpc) is 2.48. The molecular formula is C11H10N2. The van der Waals surface area contributed by atoms with Crippen LogP contribution < -0.4 is 0 Å². The van der Waals surface area contributed by atoms with Gasteiger partial charge >= 0.3 is 0 Å². The molecule has 0 atom stereocenters. The number of nitrogens with zero attached hydrogens (tertiary/aromatic N) is 1. The zero-order chi connectivity index (χ0) is 9.42. The summed E-state index contributed by atoms with van der Waals surface area (Å²) in [6.07, 6.45) is 1.97. The van der Waals surface area contributed by atoms with Gasteiger partial charge in [-0.25, -0.2) is 0 Å². The van der Waals surface area contributed by atoms with E-state index in [1.165, 1.54) is 5.56 Å². The molecule has 1 heterocycles. The lowest BCUT2D eigenvalue weighted by Gasteiger charge is -1.97. The van der Waals surface area contributed by atoms with Crippen LogP contribution in [0.5, 0.6) is 0 Å². The molecule has 0 amide bonds. The second-order valence-corrected chi connectivity index (χ2v) is 3.30. The first-order valence-electron chi connectivity index (χ1n) is 4.21. The number of H-pyrrole nitrogens is 1. The number of nitriles is 1. The van der Waals surface area contributed by atoms with E-state index in [2.05, 4.69) is 11.1 Å². The first-order chi connectivity index (χ1) is 6.22. The summed E-state index contributed by atoms with van der Waals surface area (Å²) in [5.41, 5.74) is 4.18. The predicted molar refractivity (Wildman–Crippen MR) is 52.5 cm³/mol. The molecule has 2 nitrogen and oxygen atoms in total. The Kier molecular flexibility index (Phi) is 1.60. The lowest BCUT2D eigenvalue weighted by Crippen LogP contribution is -1.80. The molecule has 1 N–H and O–H groups in total. The minimum absolute atomic E-state index is 0.729. The summed E-state index contributed by atoms with van der Waals surface area (Å²) in [5.74, 6) is 0. The van der Waals surface area contributed by atoms with Crippen LogP contribution in [0.3, 0.4) is 0 Å². The van der Waals surface area contributed by atoms with Crippen molar-refractivity contribution in [3.8, 4) is 6.07 Å². The number of benzene rings is 1. The Bertz CT molecular complexity index is 501. The van der Waals surface area contributed by atoms with Gasteiger partial charge in [0.15, 0.2) is 0 Å². The Balaban J connectivity index is 2.90. The third-order valence-corrected chi connectivity index (χ3v) is 2.32. The van der Waals surface area contributed by atoms with Gasteiger partial charge in [-0.05, 0) is 37.1 Å². The molecule has 0 aliphatic rings. The summed E-state index contributed by atoms with van der Waals surface area (Å²) in [4.78, 5) is 3.20. The highest BCUT2D eigenvalue weighted by molar-refractivity contribution is 5.87. The van der Waals surface area contributed by atoms with Crippen LogP contribution >= 0.6 is 0 Å². The largest absolute Gasteiger partial charge is 0.361 e. The van der Waals surface area contributed by atoms with Crippen LogP contribution in [0, 0.1) is 25.2 Å². The highest BCUT2D eigenvalue weighted by Crippen LogP contribution is 2.22. The summed E-state index contributed by atoms with van der Waals surface area (Å²) in [6, 6.07) is 5.99. The van der Waals surface area contributed by atoms with Crippen LogP contribution in [-0.4, -0.2) is 4.98 Å². The van der Waals surface area contributed by atoms with Crippen molar-refractivity contribution in [2.45, 2.75) is 13.8 Å². The van der Waals surface area contributed by atoms with Gasteiger partial charge in [0.05, 0.1) is 11.6 Å². The minimum Gasteiger partial charge on any atom is -0.361 e. The van der Waals surface area contributed by atoms with Gasteiger partial charge in [0.1, 0.15) is 0 Å². The van der Waals surface area contributed by atoms with Crippen molar-refractivity contribution >= 4 is 10.9 Å². The summed E-state index contributed by atoms with van der Waals surface area (Å²) in [5, 5.41) is 9.94. The molecule has 2 rings (SSSR count). The van der Waals surface area contributed by atoms with Gasteiger partial charge in [-0.15, -0.1) is 0 Å². The fourth-order valence-corrected chi connectivity index (χ4v) is 1.61. The molecule has 0 bridgehead atoms. The van der Waals surface area contributed by atoms with Crippen LogP contribution in [0.25, 0.3) is 10.9 Å². The summed E-state index contributed by atoms with van der Waals surface area (Å²) < 4.78 is 0. The van der Waals surface area contributed by atoms with Crippen LogP contribution in [0.4, 0.5) is 0 Å². The van der Waals surface area contributed by atoms with E-state index in [4.69, 9.17) is 5.26 Å². The van der Waals surface area contributed by atoms with Gasteiger partial charge < -0.3 is 4.98 Å². The maximum absolute atomic E-state index is 8.79. The van der Waals surface area contributed by atoms with E-state index in [0.717, 1.165) is 22.0 Å². The Morgan fingerprint density at radius 2 is 2.00 bits per heavy atom.